The Morgan fingerprint density at radius 3 is 1.86 bits per heavy atom. The first kappa shape index (κ1) is 20.6. The molecule has 5 aromatic carbocycles. The monoisotopic (exact) mass is 477 g/mol. The Labute approximate surface area is 212 Å². The quantitative estimate of drug-likeness (QED) is 0.237. The zero-order valence-corrected chi connectivity index (χ0v) is 20.0. The molecule has 0 unspecified atom stereocenters. The lowest BCUT2D eigenvalue weighted by molar-refractivity contribution is 1.19. The van der Waals surface area contributed by atoms with Crippen molar-refractivity contribution in [2.24, 2.45) is 0 Å². The molecule has 7 aromatic rings. The van der Waals surface area contributed by atoms with Crippen molar-refractivity contribution < 1.29 is 0 Å². The molecule has 0 N–H and O–H groups in total. The molecule has 0 aliphatic carbocycles. The number of hydrogen-bond acceptors (Lipinski definition) is 3. The second kappa shape index (κ2) is 8.49. The lowest BCUT2D eigenvalue weighted by Crippen LogP contribution is -1.96. The molecule has 4 heteroatoms. The van der Waals surface area contributed by atoms with Gasteiger partial charge in [-0.25, -0.2) is 0 Å². The number of para-hydroxylation sites is 2. The molecule has 0 spiro atoms. The van der Waals surface area contributed by atoms with Crippen molar-refractivity contribution in [2.45, 2.75) is 0 Å². The summed E-state index contributed by atoms with van der Waals surface area (Å²) in [6, 6.07) is 39.9. The summed E-state index contributed by atoms with van der Waals surface area (Å²) in [4.78, 5) is 0. The van der Waals surface area contributed by atoms with Crippen LogP contribution in [-0.4, -0.2) is 13.3 Å². The van der Waals surface area contributed by atoms with Crippen LogP contribution in [0.15, 0.2) is 115 Å². The van der Waals surface area contributed by atoms with Crippen LogP contribution in [0.3, 0.4) is 0 Å². The first-order chi connectivity index (χ1) is 17.9. The molecule has 2 aromatic heterocycles. The van der Waals surface area contributed by atoms with Crippen LogP contribution in [0.2, 0.25) is 0 Å². The minimum Gasteiger partial charge on any atom is -0.307 e. The first-order valence-electron chi connectivity index (χ1n) is 11.8. The van der Waals surface area contributed by atoms with Gasteiger partial charge in [0.05, 0.1) is 34.0 Å². The largest absolute Gasteiger partial charge is 0.307 e. The normalized spacial score (nSPS) is 11.1. The lowest BCUT2D eigenvalue weighted by Gasteiger charge is -2.09. The Balaban J connectivity index is 1.32. The van der Waals surface area contributed by atoms with Gasteiger partial charge in [-0.1, -0.05) is 90.7 Å². The molecule has 0 atom stereocenters. The zero-order valence-electron chi connectivity index (χ0n) is 19.2. The van der Waals surface area contributed by atoms with E-state index in [9.17, 15) is 0 Å². The molecule has 0 aliphatic heterocycles. The van der Waals surface area contributed by atoms with Gasteiger partial charge in [0.1, 0.15) is 11.0 Å². The average molecular weight is 478 g/mol. The summed E-state index contributed by atoms with van der Waals surface area (Å²) >= 11 is 1.23. The van der Waals surface area contributed by atoms with E-state index in [1.165, 1.54) is 33.6 Å². The van der Waals surface area contributed by atoms with Crippen LogP contribution in [0, 0.1) is 11.8 Å². The predicted octanol–water partition coefficient (Wildman–Crippen LogP) is 7.86. The Hall–Kier alpha value is -4.72. The SMILES string of the molecule is C(#Cc1ccc(-n2c3ccccc3c3ccccc32)c2nsnc12)c1ccc(-c2ccccc2)cc1. The summed E-state index contributed by atoms with van der Waals surface area (Å²) in [5, 5.41) is 2.46. The third-order valence-corrected chi connectivity index (χ3v) is 7.08. The fourth-order valence-electron chi connectivity index (χ4n) is 4.83. The van der Waals surface area contributed by atoms with Crippen molar-refractivity contribution in [3.8, 4) is 28.7 Å². The Bertz CT molecular complexity index is 1880. The van der Waals surface area contributed by atoms with Crippen LogP contribution in [-0.2, 0) is 0 Å². The van der Waals surface area contributed by atoms with E-state index in [1.54, 1.807) is 0 Å². The highest BCUT2D eigenvalue weighted by Crippen LogP contribution is 2.34. The van der Waals surface area contributed by atoms with E-state index >= 15 is 0 Å². The molecule has 0 fully saturated rings. The molecule has 36 heavy (non-hydrogen) atoms. The standard InChI is InChI=1S/C32H19N3S/c1-2-8-23(9-3-1)24-17-14-22(15-18-24)16-19-25-20-21-30(32-31(25)33-36-34-32)35-28-12-6-4-10-26(28)27-11-5-7-13-29(27)35/h1-15,17-18,20-21H. The van der Waals surface area contributed by atoms with Crippen LogP contribution in [0.4, 0.5) is 0 Å². The highest BCUT2D eigenvalue weighted by atomic mass is 32.1. The third-order valence-electron chi connectivity index (χ3n) is 6.55. The molecular formula is C32H19N3S. The molecule has 0 aliphatic rings. The van der Waals surface area contributed by atoms with Crippen LogP contribution in [0.25, 0.3) is 49.7 Å². The van der Waals surface area contributed by atoms with E-state index in [-0.39, 0.29) is 0 Å². The molecule has 0 amide bonds. The van der Waals surface area contributed by atoms with Crippen molar-refractivity contribution >= 4 is 44.6 Å². The number of rotatable bonds is 2. The van der Waals surface area contributed by atoms with Crippen LogP contribution < -0.4 is 0 Å². The highest BCUT2D eigenvalue weighted by Gasteiger charge is 2.16. The molecule has 0 bridgehead atoms. The van der Waals surface area contributed by atoms with Crippen LogP contribution in [0.1, 0.15) is 11.1 Å². The first-order valence-corrected chi connectivity index (χ1v) is 12.5. The van der Waals surface area contributed by atoms with Gasteiger partial charge in [0.15, 0.2) is 0 Å². The van der Waals surface area contributed by atoms with Gasteiger partial charge >= 0.3 is 0 Å². The maximum absolute atomic E-state index is 4.69. The number of fused-ring (bicyclic) bond motifs is 4. The van der Waals surface area contributed by atoms with Gasteiger partial charge < -0.3 is 4.57 Å². The van der Waals surface area contributed by atoms with E-state index < -0.39 is 0 Å². The van der Waals surface area contributed by atoms with E-state index in [4.69, 9.17) is 4.37 Å². The van der Waals surface area contributed by atoms with E-state index in [0.717, 1.165) is 38.9 Å². The molecule has 168 valence electrons. The van der Waals surface area contributed by atoms with E-state index in [0.29, 0.717) is 0 Å². The van der Waals surface area contributed by atoms with Gasteiger partial charge in [-0.05, 0) is 47.5 Å². The smallest absolute Gasteiger partial charge is 0.130 e. The minimum absolute atomic E-state index is 0.841. The van der Waals surface area contributed by atoms with Gasteiger partial charge in [-0.15, -0.1) is 0 Å². The Morgan fingerprint density at radius 2 is 1.14 bits per heavy atom. The van der Waals surface area contributed by atoms with Crippen molar-refractivity contribution in [3.05, 3.63) is 126 Å². The summed E-state index contributed by atoms with van der Waals surface area (Å²) in [6.45, 7) is 0. The molecule has 2 heterocycles. The molecule has 7 rings (SSSR count). The Kier molecular flexibility index (Phi) is 4.87. The number of benzene rings is 5. The van der Waals surface area contributed by atoms with Gasteiger partial charge in [0, 0.05) is 16.3 Å². The van der Waals surface area contributed by atoms with Gasteiger partial charge in [0.25, 0.3) is 0 Å². The van der Waals surface area contributed by atoms with Crippen LogP contribution in [0.5, 0.6) is 0 Å². The minimum atomic E-state index is 0.841. The summed E-state index contributed by atoms with van der Waals surface area (Å²) in [6.07, 6.45) is 0. The molecule has 3 nitrogen and oxygen atoms in total. The Morgan fingerprint density at radius 1 is 0.528 bits per heavy atom. The summed E-state index contributed by atoms with van der Waals surface area (Å²) < 4.78 is 11.6. The van der Waals surface area contributed by atoms with Crippen molar-refractivity contribution in [2.75, 3.05) is 0 Å². The topological polar surface area (TPSA) is 30.7 Å². The predicted molar refractivity (Wildman–Crippen MR) is 150 cm³/mol. The lowest BCUT2D eigenvalue weighted by atomic mass is 10.0. The molecular weight excluding hydrogens is 458 g/mol. The molecule has 0 radical (unpaired) electrons. The van der Waals surface area contributed by atoms with Gasteiger partial charge in [-0.3, -0.25) is 0 Å². The summed E-state index contributed by atoms with van der Waals surface area (Å²) in [5.41, 5.74) is 9.29. The number of aromatic nitrogens is 3. The summed E-state index contributed by atoms with van der Waals surface area (Å²) in [5.74, 6) is 6.66. The van der Waals surface area contributed by atoms with Gasteiger partial charge in [-0.2, -0.15) is 8.75 Å². The maximum atomic E-state index is 4.69. The van der Waals surface area contributed by atoms with Crippen molar-refractivity contribution in [1.29, 1.82) is 0 Å². The molecule has 0 saturated carbocycles. The third kappa shape index (κ3) is 3.38. The molecule has 0 saturated heterocycles. The van der Waals surface area contributed by atoms with Crippen molar-refractivity contribution in [3.63, 3.8) is 0 Å². The second-order valence-electron chi connectivity index (χ2n) is 8.66. The number of hydrogen-bond donors (Lipinski definition) is 0. The second-order valence-corrected chi connectivity index (χ2v) is 9.19. The highest BCUT2D eigenvalue weighted by molar-refractivity contribution is 7.00. The van der Waals surface area contributed by atoms with E-state index in [1.807, 2.05) is 6.07 Å². The fourth-order valence-corrected chi connectivity index (χ4v) is 5.40. The van der Waals surface area contributed by atoms with Crippen LogP contribution >= 0.6 is 11.7 Å². The van der Waals surface area contributed by atoms with E-state index in [2.05, 4.69) is 130 Å². The maximum Gasteiger partial charge on any atom is 0.130 e. The fraction of sp³-hybridized carbons (Fsp3) is 0. The van der Waals surface area contributed by atoms with Crippen molar-refractivity contribution in [1.82, 2.24) is 13.3 Å². The summed E-state index contributed by atoms with van der Waals surface area (Å²) in [7, 11) is 0. The zero-order chi connectivity index (χ0) is 23.9. The number of nitrogens with zero attached hydrogens (tertiary/aromatic N) is 3. The van der Waals surface area contributed by atoms with Gasteiger partial charge in [0.2, 0.25) is 0 Å². The average Bonchev–Trinajstić information content (AvgIpc) is 3.57.